The normalized spacial score (nSPS) is 11.5. The van der Waals surface area contributed by atoms with Gasteiger partial charge in [-0.3, -0.25) is 9.59 Å². The molecule has 0 saturated carbocycles. The molecule has 2 amide bonds. The van der Waals surface area contributed by atoms with Gasteiger partial charge in [-0.05, 0) is 59.3 Å². The number of rotatable bonds is 5. The number of nitrogens with one attached hydrogen (secondary N) is 2. The Morgan fingerprint density at radius 2 is 1.68 bits per heavy atom. The van der Waals surface area contributed by atoms with Crippen LogP contribution in [0.5, 0.6) is 0 Å². The summed E-state index contributed by atoms with van der Waals surface area (Å²) in [4.78, 5) is 24.8. The second-order valence-corrected chi connectivity index (χ2v) is 9.31. The maximum absolute atomic E-state index is 12.5. The van der Waals surface area contributed by atoms with Crippen LogP contribution in [0, 0.1) is 0 Å². The van der Waals surface area contributed by atoms with Crippen molar-refractivity contribution in [3.05, 3.63) is 77.0 Å². The average Bonchev–Trinajstić information content (AvgIpc) is 3.38. The van der Waals surface area contributed by atoms with E-state index in [0.29, 0.717) is 22.6 Å². The molecule has 0 aliphatic carbocycles. The number of nitrogens with zero attached hydrogens (tertiary/aromatic N) is 1. The van der Waals surface area contributed by atoms with Gasteiger partial charge in [-0.1, -0.05) is 25.9 Å². The highest BCUT2D eigenvalue weighted by molar-refractivity contribution is 7.17. The van der Waals surface area contributed by atoms with Crippen molar-refractivity contribution < 1.29 is 14.1 Å². The van der Waals surface area contributed by atoms with Gasteiger partial charge in [-0.25, -0.2) is 0 Å². The minimum atomic E-state index is -0.186. The Bertz CT molecular complexity index is 1230. The molecular formula is C24H23N3O3S. The molecule has 0 saturated heterocycles. The third-order valence-electron chi connectivity index (χ3n) is 4.78. The Morgan fingerprint density at radius 1 is 0.968 bits per heavy atom. The van der Waals surface area contributed by atoms with Gasteiger partial charge in [0.2, 0.25) is 5.91 Å². The fraction of sp³-hybridized carbons (Fsp3) is 0.208. The summed E-state index contributed by atoms with van der Waals surface area (Å²) in [7, 11) is 0. The van der Waals surface area contributed by atoms with Gasteiger partial charge >= 0.3 is 0 Å². The number of aromatic nitrogens is 1. The summed E-state index contributed by atoms with van der Waals surface area (Å²) in [5.74, 6) is 0.383. The minimum Gasteiger partial charge on any atom is -0.361 e. The summed E-state index contributed by atoms with van der Waals surface area (Å²) < 4.78 is 6.47. The lowest BCUT2D eigenvalue weighted by molar-refractivity contribution is -0.115. The lowest BCUT2D eigenvalue weighted by atomic mass is 9.93. The predicted octanol–water partition coefficient (Wildman–Crippen LogP) is 5.62. The highest BCUT2D eigenvalue weighted by Crippen LogP contribution is 2.24. The smallest absolute Gasteiger partial charge is 0.255 e. The van der Waals surface area contributed by atoms with Crippen molar-refractivity contribution in [1.82, 2.24) is 5.16 Å². The summed E-state index contributed by atoms with van der Waals surface area (Å²) in [6.45, 7) is 6.08. The molecule has 0 unspecified atom stereocenters. The van der Waals surface area contributed by atoms with Crippen LogP contribution in [0.25, 0.3) is 10.1 Å². The van der Waals surface area contributed by atoms with Crippen LogP contribution in [0.15, 0.2) is 64.5 Å². The van der Waals surface area contributed by atoms with Crippen LogP contribution in [-0.4, -0.2) is 17.0 Å². The van der Waals surface area contributed by atoms with Gasteiger partial charge in [-0.15, -0.1) is 11.3 Å². The van der Waals surface area contributed by atoms with Crippen molar-refractivity contribution in [2.75, 3.05) is 10.6 Å². The van der Waals surface area contributed by atoms with Gasteiger partial charge in [0.1, 0.15) is 5.76 Å². The van der Waals surface area contributed by atoms with Crippen LogP contribution in [0.2, 0.25) is 0 Å². The average molecular weight is 434 g/mol. The summed E-state index contributed by atoms with van der Waals surface area (Å²) in [5, 5.41) is 12.7. The Kier molecular flexibility index (Phi) is 5.61. The number of carbonyl (C=O) groups is 2. The quantitative estimate of drug-likeness (QED) is 0.428. The highest BCUT2D eigenvalue weighted by atomic mass is 32.1. The molecule has 2 heterocycles. The Balaban J connectivity index is 1.34. The fourth-order valence-electron chi connectivity index (χ4n) is 3.07. The van der Waals surface area contributed by atoms with E-state index in [1.165, 1.54) is 0 Å². The lowest BCUT2D eigenvalue weighted by Crippen LogP contribution is -2.15. The molecule has 0 atom stereocenters. The van der Waals surface area contributed by atoms with E-state index < -0.39 is 0 Å². The number of anilines is 2. The summed E-state index contributed by atoms with van der Waals surface area (Å²) in [5.41, 5.74) is 2.33. The number of hydrogen-bond acceptors (Lipinski definition) is 5. The second kappa shape index (κ2) is 8.35. The number of hydrogen-bond donors (Lipinski definition) is 2. The van der Waals surface area contributed by atoms with E-state index in [2.05, 4.69) is 15.8 Å². The lowest BCUT2D eigenvalue weighted by Gasteiger charge is -2.12. The van der Waals surface area contributed by atoms with Crippen LogP contribution >= 0.6 is 11.3 Å². The molecular weight excluding hydrogens is 410 g/mol. The predicted molar refractivity (Wildman–Crippen MR) is 124 cm³/mol. The largest absolute Gasteiger partial charge is 0.361 e. The van der Waals surface area contributed by atoms with Gasteiger partial charge in [0.25, 0.3) is 5.91 Å². The third kappa shape index (κ3) is 5.00. The van der Waals surface area contributed by atoms with Crippen LogP contribution in [0.4, 0.5) is 11.4 Å². The van der Waals surface area contributed by atoms with Crippen molar-refractivity contribution in [1.29, 1.82) is 0 Å². The number of benzene rings is 2. The molecule has 2 aromatic heterocycles. The van der Waals surface area contributed by atoms with E-state index in [-0.39, 0.29) is 23.7 Å². The van der Waals surface area contributed by atoms with E-state index >= 15 is 0 Å². The molecule has 0 bridgehead atoms. The van der Waals surface area contributed by atoms with E-state index in [0.717, 1.165) is 15.8 Å². The van der Waals surface area contributed by atoms with Crippen molar-refractivity contribution in [2.45, 2.75) is 32.6 Å². The van der Waals surface area contributed by atoms with Crippen molar-refractivity contribution in [2.24, 2.45) is 0 Å². The maximum atomic E-state index is 12.5. The first-order valence-electron chi connectivity index (χ1n) is 9.92. The van der Waals surface area contributed by atoms with Gasteiger partial charge in [-0.2, -0.15) is 0 Å². The first kappa shape index (κ1) is 20.8. The molecule has 31 heavy (non-hydrogen) atoms. The number of amides is 2. The molecule has 0 spiro atoms. The van der Waals surface area contributed by atoms with E-state index in [4.69, 9.17) is 4.52 Å². The zero-order valence-corrected chi connectivity index (χ0v) is 18.4. The number of thiophene rings is 1. The van der Waals surface area contributed by atoms with E-state index in [1.54, 1.807) is 35.6 Å². The van der Waals surface area contributed by atoms with Crippen LogP contribution < -0.4 is 10.6 Å². The van der Waals surface area contributed by atoms with Crippen molar-refractivity contribution >= 4 is 44.6 Å². The zero-order valence-electron chi connectivity index (χ0n) is 17.6. The molecule has 0 aliphatic heterocycles. The molecule has 158 valence electrons. The zero-order chi connectivity index (χ0) is 22.0. The van der Waals surface area contributed by atoms with Crippen LogP contribution in [-0.2, 0) is 16.6 Å². The topological polar surface area (TPSA) is 84.2 Å². The third-order valence-corrected chi connectivity index (χ3v) is 5.68. The van der Waals surface area contributed by atoms with Gasteiger partial charge < -0.3 is 15.2 Å². The molecule has 0 fully saturated rings. The molecule has 6 nitrogen and oxygen atoms in total. The van der Waals surface area contributed by atoms with Crippen LogP contribution in [0.1, 0.15) is 42.6 Å². The maximum Gasteiger partial charge on any atom is 0.255 e. The van der Waals surface area contributed by atoms with Crippen molar-refractivity contribution in [3.63, 3.8) is 0 Å². The second-order valence-electron chi connectivity index (χ2n) is 8.36. The first-order valence-corrected chi connectivity index (χ1v) is 10.8. The molecule has 0 aliphatic rings. The van der Waals surface area contributed by atoms with Crippen molar-refractivity contribution in [3.8, 4) is 0 Å². The first-order chi connectivity index (χ1) is 14.8. The number of carbonyl (C=O) groups excluding carboxylic acids is 2. The summed E-state index contributed by atoms with van der Waals surface area (Å²) in [6, 6.07) is 16.5. The van der Waals surface area contributed by atoms with E-state index in [9.17, 15) is 9.59 Å². The molecule has 4 rings (SSSR count). The molecule has 4 aromatic rings. The standard InChI is InChI=1S/C24H23N3O3S/c1-24(2,3)21-13-19(27-30-21)14-22(28)25-17-5-7-18(8-6-17)26-23(29)16-4-9-20-15(12-16)10-11-31-20/h4-13H,14H2,1-3H3,(H,25,28)(H,26,29). The van der Waals surface area contributed by atoms with Crippen LogP contribution in [0.3, 0.4) is 0 Å². The van der Waals surface area contributed by atoms with Gasteiger partial charge in [0.05, 0.1) is 12.1 Å². The Morgan fingerprint density at radius 3 is 2.35 bits per heavy atom. The highest BCUT2D eigenvalue weighted by Gasteiger charge is 2.20. The SMILES string of the molecule is CC(C)(C)c1cc(CC(=O)Nc2ccc(NC(=O)c3ccc4sccc4c3)cc2)no1. The Hall–Kier alpha value is -3.45. The Labute approximate surface area is 184 Å². The fourth-order valence-corrected chi connectivity index (χ4v) is 3.84. The molecule has 7 heteroatoms. The molecule has 0 radical (unpaired) electrons. The van der Waals surface area contributed by atoms with Gasteiger partial charge in [0, 0.05) is 33.1 Å². The summed E-state index contributed by atoms with van der Waals surface area (Å²) >= 11 is 1.65. The molecule has 2 N–H and O–H groups in total. The van der Waals surface area contributed by atoms with E-state index in [1.807, 2.05) is 56.5 Å². The monoisotopic (exact) mass is 433 g/mol. The number of fused-ring (bicyclic) bond motifs is 1. The summed E-state index contributed by atoms with van der Waals surface area (Å²) in [6.07, 6.45) is 0.128. The minimum absolute atomic E-state index is 0.128. The van der Waals surface area contributed by atoms with Gasteiger partial charge in [0.15, 0.2) is 0 Å². The molecule has 2 aromatic carbocycles.